The predicted molar refractivity (Wildman–Crippen MR) is 37.0 cm³/mol. The normalized spacial score (nSPS) is 9.56. The van der Waals surface area contributed by atoms with Crippen LogP contribution in [0.5, 0.6) is 0 Å². The zero-order valence-corrected chi connectivity index (χ0v) is 6.29. The highest BCUT2D eigenvalue weighted by Gasteiger charge is 2.04. The number of carbonyl (C=O) groups excluding carboxylic acids is 1. The van der Waals surface area contributed by atoms with Crippen molar-refractivity contribution in [3.05, 3.63) is 16.1 Å². The van der Waals surface area contributed by atoms with Gasteiger partial charge in [-0.05, 0) is 18.5 Å². The Hall–Kier alpha value is -0.410. The van der Waals surface area contributed by atoms with Gasteiger partial charge in [0.25, 0.3) is 5.24 Å². The third-order valence-electron chi connectivity index (χ3n) is 0.787. The van der Waals surface area contributed by atoms with Crippen LogP contribution in [-0.2, 0) is 0 Å². The molecule has 0 unspecified atom stereocenters. The Morgan fingerprint density at radius 2 is 2.56 bits per heavy atom. The van der Waals surface area contributed by atoms with Gasteiger partial charge < -0.3 is 0 Å². The molecule has 0 saturated heterocycles. The minimum atomic E-state index is -0.479. The molecular formula is C5H4ClNOS. The average molecular weight is 162 g/mol. The van der Waals surface area contributed by atoms with E-state index in [4.69, 9.17) is 11.6 Å². The van der Waals surface area contributed by atoms with E-state index >= 15 is 0 Å². The molecule has 1 aromatic heterocycles. The van der Waals surface area contributed by atoms with Gasteiger partial charge in [0.2, 0.25) is 0 Å². The van der Waals surface area contributed by atoms with Gasteiger partial charge >= 0.3 is 0 Å². The molecular weight excluding hydrogens is 158 g/mol. The van der Waals surface area contributed by atoms with Crippen LogP contribution in [0.2, 0.25) is 0 Å². The Morgan fingerprint density at radius 3 is 2.78 bits per heavy atom. The van der Waals surface area contributed by atoms with E-state index in [0.717, 1.165) is 5.69 Å². The monoisotopic (exact) mass is 161 g/mol. The van der Waals surface area contributed by atoms with E-state index in [-0.39, 0.29) is 0 Å². The topological polar surface area (TPSA) is 30.0 Å². The number of carbonyl (C=O) groups is 1. The minimum absolute atomic E-state index is 0.370. The van der Waals surface area contributed by atoms with Crippen LogP contribution in [-0.4, -0.2) is 10.2 Å². The highest BCUT2D eigenvalue weighted by Crippen LogP contribution is 2.10. The lowest BCUT2D eigenvalue weighted by molar-refractivity contribution is 0.108. The maximum absolute atomic E-state index is 10.4. The molecule has 0 bridgehead atoms. The van der Waals surface area contributed by atoms with E-state index in [1.807, 2.05) is 6.92 Å². The van der Waals surface area contributed by atoms with Crippen molar-refractivity contribution < 1.29 is 4.79 Å². The smallest absolute Gasteiger partial charge is 0.273 e. The second kappa shape index (κ2) is 2.45. The summed E-state index contributed by atoms with van der Waals surface area (Å²) in [6.07, 6.45) is 0. The summed E-state index contributed by atoms with van der Waals surface area (Å²) in [6.45, 7) is 1.82. The van der Waals surface area contributed by atoms with Crippen LogP contribution in [0.25, 0.3) is 0 Å². The first-order chi connectivity index (χ1) is 4.20. The van der Waals surface area contributed by atoms with E-state index in [1.165, 1.54) is 11.3 Å². The number of hydrogen-bond donors (Lipinski definition) is 0. The zero-order valence-electron chi connectivity index (χ0n) is 4.72. The minimum Gasteiger partial charge on any atom is -0.273 e. The molecule has 48 valence electrons. The highest BCUT2D eigenvalue weighted by molar-refractivity contribution is 7.13. The molecule has 0 aromatic carbocycles. The Morgan fingerprint density at radius 1 is 1.89 bits per heavy atom. The molecule has 9 heavy (non-hydrogen) atoms. The predicted octanol–water partition coefficient (Wildman–Crippen LogP) is 1.83. The first-order valence-electron chi connectivity index (χ1n) is 2.32. The number of hydrogen-bond acceptors (Lipinski definition) is 3. The van der Waals surface area contributed by atoms with Crippen LogP contribution in [0.3, 0.4) is 0 Å². The molecule has 2 nitrogen and oxygen atoms in total. The second-order valence-electron chi connectivity index (χ2n) is 1.57. The van der Waals surface area contributed by atoms with E-state index in [9.17, 15) is 4.79 Å². The first-order valence-corrected chi connectivity index (χ1v) is 3.58. The van der Waals surface area contributed by atoms with Crippen LogP contribution < -0.4 is 0 Å². The Kier molecular flexibility index (Phi) is 1.83. The van der Waals surface area contributed by atoms with Gasteiger partial charge in [0.15, 0.2) is 5.01 Å². The number of halogens is 1. The first kappa shape index (κ1) is 6.71. The van der Waals surface area contributed by atoms with Crippen molar-refractivity contribution in [3.63, 3.8) is 0 Å². The number of nitrogens with zero attached hydrogens (tertiary/aromatic N) is 1. The van der Waals surface area contributed by atoms with Crippen molar-refractivity contribution >= 4 is 28.2 Å². The molecule has 0 aliphatic carbocycles. The fourth-order valence-electron chi connectivity index (χ4n) is 0.444. The number of thiazole rings is 1. The van der Waals surface area contributed by atoms with Gasteiger partial charge in [-0.25, -0.2) is 4.98 Å². The van der Waals surface area contributed by atoms with E-state index in [1.54, 1.807) is 5.38 Å². The van der Waals surface area contributed by atoms with Crippen LogP contribution in [0.1, 0.15) is 15.5 Å². The van der Waals surface area contributed by atoms with Crippen LogP contribution in [0.15, 0.2) is 5.38 Å². The maximum Gasteiger partial charge on any atom is 0.281 e. The van der Waals surface area contributed by atoms with Crippen molar-refractivity contribution in [2.24, 2.45) is 0 Å². The number of aromatic nitrogens is 1. The second-order valence-corrected chi connectivity index (χ2v) is 2.77. The molecule has 0 aliphatic rings. The summed E-state index contributed by atoms with van der Waals surface area (Å²) in [4.78, 5) is 14.2. The summed E-state index contributed by atoms with van der Waals surface area (Å²) in [5.74, 6) is 0. The molecule has 0 atom stereocenters. The lowest BCUT2D eigenvalue weighted by atomic mass is 10.6. The van der Waals surface area contributed by atoms with Gasteiger partial charge in [0.1, 0.15) is 0 Å². The van der Waals surface area contributed by atoms with Gasteiger partial charge in [0, 0.05) is 11.1 Å². The molecule has 0 N–H and O–H groups in total. The number of rotatable bonds is 1. The third kappa shape index (κ3) is 1.50. The largest absolute Gasteiger partial charge is 0.281 e. The molecule has 0 radical (unpaired) electrons. The van der Waals surface area contributed by atoms with Gasteiger partial charge in [-0.3, -0.25) is 4.79 Å². The van der Waals surface area contributed by atoms with Crippen LogP contribution in [0, 0.1) is 6.92 Å². The van der Waals surface area contributed by atoms with Crippen LogP contribution >= 0.6 is 22.9 Å². The Labute approximate surface area is 61.5 Å². The van der Waals surface area contributed by atoms with Crippen molar-refractivity contribution in [2.75, 3.05) is 0 Å². The molecule has 1 rings (SSSR count). The Balaban J connectivity index is 2.98. The van der Waals surface area contributed by atoms with Gasteiger partial charge in [-0.1, -0.05) is 0 Å². The number of aryl methyl sites for hydroxylation is 1. The third-order valence-corrected chi connectivity index (χ3v) is 2.04. The lowest BCUT2D eigenvalue weighted by Gasteiger charge is -1.77. The van der Waals surface area contributed by atoms with E-state index < -0.39 is 5.24 Å². The summed E-state index contributed by atoms with van der Waals surface area (Å²) < 4.78 is 0. The molecule has 0 amide bonds. The summed E-state index contributed by atoms with van der Waals surface area (Å²) in [5.41, 5.74) is 0.837. The van der Waals surface area contributed by atoms with Gasteiger partial charge in [-0.15, -0.1) is 11.3 Å². The summed E-state index contributed by atoms with van der Waals surface area (Å²) >= 11 is 6.39. The summed E-state index contributed by atoms with van der Waals surface area (Å²) in [5, 5.41) is 1.68. The average Bonchev–Trinajstić information content (AvgIpc) is 2.14. The van der Waals surface area contributed by atoms with Crippen molar-refractivity contribution in [1.82, 2.24) is 4.98 Å². The van der Waals surface area contributed by atoms with Crippen molar-refractivity contribution in [2.45, 2.75) is 6.92 Å². The zero-order chi connectivity index (χ0) is 6.85. The Bertz CT molecular complexity index is 233. The van der Waals surface area contributed by atoms with Gasteiger partial charge in [-0.2, -0.15) is 0 Å². The highest BCUT2D eigenvalue weighted by atomic mass is 35.5. The molecule has 0 spiro atoms. The van der Waals surface area contributed by atoms with E-state index in [0.29, 0.717) is 5.01 Å². The molecule has 1 heterocycles. The molecule has 0 saturated carbocycles. The fraction of sp³-hybridized carbons (Fsp3) is 0.200. The molecule has 0 aliphatic heterocycles. The van der Waals surface area contributed by atoms with E-state index in [2.05, 4.69) is 4.98 Å². The van der Waals surface area contributed by atoms with Crippen molar-refractivity contribution in [1.29, 1.82) is 0 Å². The summed E-state index contributed by atoms with van der Waals surface area (Å²) in [6, 6.07) is 0. The van der Waals surface area contributed by atoms with Crippen molar-refractivity contribution in [3.8, 4) is 0 Å². The SMILES string of the molecule is Cc1csc(C(=O)Cl)n1. The lowest BCUT2D eigenvalue weighted by Crippen LogP contribution is -1.85. The molecule has 0 fully saturated rings. The summed E-state index contributed by atoms with van der Waals surface area (Å²) in [7, 11) is 0. The fourth-order valence-corrected chi connectivity index (χ4v) is 1.24. The van der Waals surface area contributed by atoms with Gasteiger partial charge in [0.05, 0.1) is 0 Å². The maximum atomic E-state index is 10.4. The molecule has 4 heteroatoms. The quantitative estimate of drug-likeness (QED) is 0.589. The molecule has 1 aromatic rings. The van der Waals surface area contributed by atoms with Crippen LogP contribution in [0.4, 0.5) is 0 Å². The standard InChI is InChI=1S/C5H4ClNOS/c1-3-2-9-5(7-3)4(6)8/h2H,1H3.